The highest BCUT2D eigenvalue weighted by Crippen LogP contribution is 2.37. The zero-order valence-corrected chi connectivity index (χ0v) is 25.8. The van der Waals surface area contributed by atoms with E-state index in [2.05, 4.69) is 5.32 Å². The van der Waals surface area contributed by atoms with Crippen molar-refractivity contribution in [2.75, 3.05) is 15.8 Å². The summed E-state index contributed by atoms with van der Waals surface area (Å²) < 4.78 is 130. The first-order chi connectivity index (χ1) is 20.1. The number of hydrogen-bond donors (Lipinski definition) is 6. The topological polar surface area (TPSA) is 264 Å². The second-order valence-corrected chi connectivity index (χ2v) is 15.4. The standard InChI is InChI=1S/C25H23N3O12S4/c1-13-3-5-16(26)9-20(13)25(29)27-17-6-4-14(2)22(10-17)41(30,31)28-21-11-18(42(32,33)34)7-15-8-19(43(35,36)37)12-23(24(15)21)44(38,39)40/h3-12,28H,26H2,1-2H3,(H,27,29)(H,32,33,34)(H,35,36,37)(H,38,39,40). The Morgan fingerprint density at radius 3 is 1.82 bits per heavy atom. The minimum absolute atomic E-state index is 0.00997. The third-order valence-electron chi connectivity index (χ3n) is 6.32. The monoisotopic (exact) mass is 685 g/mol. The molecule has 19 heteroatoms. The van der Waals surface area contributed by atoms with E-state index in [1.807, 2.05) is 4.72 Å². The Kier molecular flexibility index (Phi) is 8.28. The molecule has 0 heterocycles. The summed E-state index contributed by atoms with van der Waals surface area (Å²) in [4.78, 5) is 9.12. The first-order valence-electron chi connectivity index (χ1n) is 11.9. The van der Waals surface area contributed by atoms with Gasteiger partial charge in [0.2, 0.25) is 0 Å². The fourth-order valence-corrected chi connectivity index (χ4v) is 7.51. The summed E-state index contributed by atoms with van der Waals surface area (Å²) in [5.41, 5.74) is 6.18. The first-order valence-corrected chi connectivity index (χ1v) is 17.7. The number of carbonyl (C=O) groups is 1. The lowest BCUT2D eigenvalue weighted by Gasteiger charge is -2.17. The maximum atomic E-state index is 13.6. The number of rotatable bonds is 8. The van der Waals surface area contributed by atoms with Gasteiger partial charge in [0.15, 0.2) is 0 Å². The van der Waals surface area contributed by atoms with Gasteiger partial charge in [0.25, 0.3) is 46.3 Å². The molecule has 0 aliphatic carbocycles. The van der Waals surface area contributed by atoms with E-state index in [9.17, 15) is 52.1 Å². The van der Waals surface area contributed by atoms with Crippen molar-refractivity contribution in [3.05, 3.63) is 77.4 Å². The van der Waals surface area contributed by atoms with Crippen molar-refractivity contribution in [1.29, 1.82) is 0 Å². The highest BCUT2D eigenvalue weighted by molar-refractivity contribution is 7.92. The van der Waals surface area contributed by atoms with E-state index >= 15 is 0 Å². The summed E-state index contributed by atoms with van der Waals surface area (Å²) in [6.07, 6.45) is 0. The van der Waals surface area contributed by atoms with Gasteiger partial charge in [0.1, 0.15) is 4.90 Å². The van der Waals surface area contributed by atoms with Gasteiger partial charge in [-0.2, -0.15) is 25.3 Å². The molecule has 4 aromatic rings. The molecular weight excluding hydrogens is 663 g/mol. The SMILES string of the molecule is Cc1ccc(N)cc1C(=O)Nc1ccc(C)c(S(=O)(=O)Nc2cc(S(=O)(=O)O)cc3cc(S(=O)(=O)O)cc(S(=O)(=O)O)c23)c1. The van der Waals surface area contributed by atoms with E-state index in [4.69, 9.17) is 5.73 Å². The molecule has 0 radical (unpaired) electrons. The molecule has 0 saturated carbocycles. The van der Waals surface area contributed by atoms with Crippen molar-refractivity contribution < 1.29 is 52.1 Å². The molecule has 0 aliphatic rings. The quantitative estimate of drug-likeness (QED) is 0.115. The number of nitrogens with two attached hydrogens (primary N) is 1. The van der Waals surface area contributed by atoms with Crippen molar-refractivity contribution in [3.63, 3.8) is 0 Å². The Labute approximate surface area is 252 Å². The summed E-state index contributed by atoms with van der Waals surface area (Å²) in [7, 11) is -20.4. The summed E-state index contributed by atoms with van der Waals surface area (Å²) in [6, 6.07) is 10.5. The van der Waals surface area contributed by atoms with Gasteiger partial charge in [-0.05, 0) is 78.9 Å². The van der Waals surface area contributed by atoms with Crippen LogP contribution in [0.15, 0.2) is 80.2 Å². The van der Waals surface area contributed by atoms with Crippen molar-refractivity contribution in [1.82, 2.24) is 0 Å². The minimum atomic E-state index is -5.34. The Morgan fingerprint density at radius 1 is 0.682 bits per heavy atom. The molecule has 0 bridgehead atoms. The number of fused-ring (bicyclic) bond motifs is 1. The maximum absolute atomic E-state index is 13.6. The van der Waals surface area contributed by atoms with Crippen LogP contribution in [-0.2, 0) is 40.4 Å². The van der Waals surface area contributed by atoms with E-state index < -0.39 is 82.3 Å². The molecule has 234 valence electrons. The molecule has 0 saturated heterocycles. The summed E-state index contributed by atoms with van der Waals surface area (Å²) in [5.74, 6) is -0.616. The molecular formula is C25H23N3O12S4. The molecule has 15 nitrogen and oxygen atoms in total. The van der Waals surface area contributed by atoms with Crippen molar-refractivity contribution in [2.45, 2.75) is 33.4 Å². The third kappa shape index (κ3) is 6.83. The van der Waals surface area contributed by atoms with Gasteiger partial charge in [0, 0.05) is 22.3 Å². The average Bonchev–Trinajstić information content (AvgIpc) is 2.88. The van der Waals surface area contributed by atoms with Gasteiger partial charge in [0.05, 0.1) is 20.4 Å². The molecule has 7 N–H and O–H groups in total. The van der Waals surface area contributed by atoms with Gasteiger partial charge < -0.3 is 11.1 Å². The second-order valence-electron chi connectivity index (χ2n) is 9.53. The Bertz CT molecular complexity index is 2310. The molecule has 0 spiro atoms. The fraction of sp³-hybridized carbons (Fsp3) is 0.0800. The third-order valence-corrected chi connectivity index (χ3v) is 10.4. The lowest BCUT2D eigenvalue weighted by atomic mass is 10.1. The molecule has 0 fully saturated rings. The molecule has 4 rings (SSSR count). The van der Waals surface area contributed by atoms with Crippen molar-refractivity contribution in [2.24, 2.45) is 0 Å². The molecule has 4 aromatic carbocycles. The summed E-state index contributed by atoms with van der Waals surface area (Å²) in [6.45, 7) is 3.05. The van der Waals surface area contributed by atoms with E-state index in [-0.39, 0.29) is 16.8 Å². The van der Waals surface area contributed by atoms with Crippen LogP contribution in [0.5, 0.6) is 0 Å². The molecule has 1 amide bonds. The van der Waals surface area contributed by atoms with E-state index in [0.717, 1.165) is 6.07 Å². The molecule has 0 atom stereocenters. The number of benzene rings is 4. The fourth-order valence-electron chi connectivity index (χ4n) is 4.25. The number of sulfonamides is 1. The van der Waals surface area contributed by atoms with E-state index in [1.54, 1.807) is 19.1 Å². The van der Waals surface area contributed by atoms with E-state index in [0.29, 0.717) is 35.5 Å². The highest BCUT2D eigenvalue weighted by atomic mass is 32.2. The van der Waals surface area contributed by atoms with Crippen LogP contribution in [0.25, 0.3) is 10.8 Å². The number of carbonyl (C=O) groups excluding carboxylic acids is 1. The van der Waals surface area contributed by atoms with Crippen molar-refractivity contribution in [3.8, 4) is 0 Å². The smallest absolute Gasteiger partial charge is 0.295 e. The van der Waals surface area contributed by atoms with Gasteiger partial charge >= 0.3 is 0 Å². The number of hydrogen-bond acceptors (Lipinski definition) is 10. The van der Waals surface area contributed by atoms with Crippen LogP contribution in [0.4, 0.5) is 17.1 Å². The predicted molar refractivity (Wildman–Crippen MR) is 159 cm³/mol. The van der Waals surface area contributed by atoms with Crippen LogP contribution >= 0.6 is 0 Å². The minimum Gasteiger partial charge on any atom is -0.399 e. The zero-order chi connectivity index (χ0) is 33.0. The Hall–Kier alpha value is -4.11. The Balaban J connectivity index is 1.90. The summed E-state index contributed by atoms with van der Waals surface area (Å²) >= 11 is 0. The maximum Gasteiger partial charge on any atom is 0.295 e. The zero-order valence-electron chi connectivity index (χ0n) is 22.5. The van der Waals surface area contributed by atoms with Crippen LogP contribution < -0.4 is 15.8 Å². The number of anilines is 3. The van der Waals surface area contributed by atoms with Crippen LogP contribution in [0.1, 0.15) is 21.5 Å². The normalized spacial score (nSPS) is 12.7. The van der Waals surface area contributed by atoms with Gasteiger partial charge in [-0.3, -0.25) is 23.2 Å². The lowest BCUT2D eigenvalue weighted by Crippen LogP contribution is -2.18. The highest BCUT2D eigenvalue weighted by Gasteiger charge is 2.27. The van der Waals surface area contributed by atoms with Gasteiger partial charge in [-0.1, -0.05) is 12.1 Å². The number of amides is 1. The van der Waals surface area contributed by atoms with Crippen LogP contribution in [0.3, 0.4) is 0 Å². The molecule has 0 unspecified atom stereocenters. The molecule has 44 heavy (non-hydrogen) atoms. The molecule has 0 aliphatic heterocycles. The Morgan fingerprint density at radius 2 is 1.25 bits per heavy atom. The number of nitrogens with one attached hydrogen (secondary N) is 2. The van der Waals surface area contributed by atoms with Crippen LogP contribution in [-0.4, -0.2) is 53.2 Å². The predicted octanol–water partition coefficient (Wildman–Crippen LogP) is 2.83. The van der Waals surface area contributed by atoms with Gasteiger partial charge in [-0.25, -0.2) is 8.42 Å². The average molecular weight is 686 g/mol. The lowest BCUT2D eigenvalue weighted by molar-refractivity contribution is 0.102. The van der Waals surface area contributed by atoms with Gasteiger partial charge in [-0.15, -0.1) is 0 Å². The number of nitrogen functional groups attached to an aromatic ring is 1. The molecule has 0 aromatic heterocycles. The largest absolute Gasteiger partial charge is 0.399 e. The first kappa shape index (κ1) is 32.8. The second kappa shape index (κ2) is 11.1. The van der Waals surface area contributed by atoms with Crippen molar-refractivity contribution >= 4 is 74.1 Å². The van der Waals surface area contributed by atoms with Crippen LogP contribution in [0, 0.1) is 13.8 Å². The van der Waals surface area contributed by atoms with Crippen LogP contribution in [0.2, 0.25) is 0 Å². The van der Waals surface area contributed by atoms with E-state index in [1.165, 1.54) is 25.1 Å². The summed E-state index contributed by atoms with van der Waals surface area (Å²) in [5, 5.41) is 1.23. The number of aryl methyl sites for hydroxylation is 2.